The summed E-state index contributed by atoms with van der Waals surface area (Å²) in [7, 11) is -5.16. The molecular weight excluding hydrogens is 276 g/mol. The molecule has 0 saturated carbocycles. The van der Waals surface area contributed by atoms with Gasteiger partial charge < -0.3 is 13.5 Å². The second kappa shape index (κ2) is 8.52. The SMILES string of the molecule is CC[Si](F)(CC)C(C)CNCC(C)[Si](F)(CC)CC. The number of hydrogen-bond donors (Lipinski definition) is 1. The average Bonchev–Trinajstić information content (AvgIpc) is 2.44. The van der Waals surface area contributed by atoms with E-state index < -0.39 is 16.8 Å². The van der Waals surface area contributed by atoms with E-state index in [0.29, 0.717) is 37.3 Å². The molecule has 0 rings (SSSR count). The second-order valence-corrected chi connectivity index (χ2v) is 14.9. The molecule has 0 amide bonds. The lowest BCUT2D eigenvalue weighted by Crippen LogP contribution is -2.41. The first-order chi connectivity index (χ1) is 8.79. The van der Waals surface area contributed by atoms with Crippen molar-refractivity contribution in [1.82, 2.24) is 5.32 Å². The predicted molar refractivity (Wildman–Crippen MR) is 87.4 cm³/mol. The van der Waals surface area contributed by atoms with Crippen molar-refractivity contribution in [3.63, 3.8) is 0 Å². The summed E-state index contributed by atoms with van der Waals surface area (Å²) in [5, 5.41) is 3.32. The zero-order chi connectivity index (χ0) is 15.1. The summed E-state index contributed by atoms with van der Waals surface area (Å²) in [4.78, 5) is 0. The van der Waals surface area contributed by atoms with Gasteiger partial charge in [-0.15, -0.1) is 0 Å². The van der Waals surface area contributed by atoms with Gasteiger partial charge >= 0.3 is 0 Å². The van der Waals surface area contributed by atoms with E-state index in [-0.39, 0.29) is 11.1 Å². The van der Waals surface area contributed by atoms with Gasteiger partial charge in [0.25, 0.3) is 16.8 Å². The van der Waals surface area contributed by atoms with Crippen molar-refractivity contribution < 1.29 is 8.22 Å². The summed E-state index contributed by atoms with van der Waals surface area (Å²) in [5.74, 6) is 0. The van der Waals surface area contributed by atoms with Gasteiger partial charge in [-0.25, -0.2) is 0 Å². The molecule has 0 aliphatic heterocycles. The molecule has 0 saturated heterocycles. The molecule has 19 heavy (non-hydrogen) atoms. The zero-order valence-corrected chi connectivity index (χ0v) is 15.7. The maximum absolute atomic E-state index is 14.6. The lowest BCUT2D eigenvalue weighted by Gasteiger charge is -2.30. The van der Waals surface area contributed by atoms with E-state index in [2.05, 4.69) is 5.32 Å². The van der Waals surface area contributed by atoms with E-state index in [0.717, 1.165) is 0 Å². The van der Waals surface area contributed by atoms with Crippen molar-refractivity contribution in [3.05, 3.63) is 0 Å². The topological polar surface area (TPSA) is 12.0 Å². The average molecular weight is 310 g/mol. The summed E-state index contributed by atoms with van der Waals surface area (Å²) in [6, 6.07) is 2.75. The summed E-state index contributed by atoms with van der Waals surface area (Å²) < 4.78 is 29.1. The second-order valence-electron chi connectivity index (χ2n) is 5.94. The van der Waals surface area contributed by atoms with Crippen LogP contribution in [-0.4, -0.2) is 29.9 Å². The van der Waals surface area contributed by atoms with Crippen LogP contribution in [0.15, 0.2) is 0 Å². The smallest absolute Gasteiger partial charge is 0.250 e. The molecule has 0 heterocycles. The Labute approximate surface area is 120 Å². The molecule has 116 valence electrons. The van der Waals surface area contributed by atoms with E-state index in [1.807, 2.05) is 41.5 Å². The third-order valence-corrected chi connectivity index (χ3v) is 13.7. The zero-order valence-electron chi connectivity index (χ0n) is 13.7. The monoisotopic (exact) mass is 309 g/mol. The molecule has 0 aromatic heterocycles. The van der Waals surface area contributed by atoms with Crippen molar-refractivity contribution in [2.75, 3.05) is 13.1 Å². The maximum Gasteiger partial charge on any atom is 0.250 e. The Kier molecular flexibility index (Phi) is 8.63. The van der Waals surface area contributed by atoms with Crippen LogP contribution in [0.2, 0.25) is 35.3 Å². The van der Waals surface area contributed by atoms with Gasteiger partial charge in [0.2, 0.25) is 0 Å². The van der Waals surface area contributed by atoms with Crippen LogP contribution >= 0.6 is 0 Å². The van der Waals surface area contributed by atoms with Crippen LogP contribution in [0.1, 0.15) is 41.5 Å². The van der Waals surface area contributed by atoms with Crippen molar-refractivity contribution in [1.29, 1.82) is 0 Å². The molecule has 1 nitrogen and oxygen atoms in total. The highest BCUT2D eigenvalue weighted by atomic mass is 28.4. The minimum Gasteiger partial charge on any atom is -0.317 e. The highest BCUT2D eigenvalue weighted by Crippen LogP contribution is 2.32. The molecule has 0 radical (unpaired) electrons. The quantitative estimate of drug-likeness (QED) is 0.428. The number of nitrogens with one attached hydrogen (secondary N) is 1. The first-order valence-corrected chi connectivity index (χ1v) is 12.6. The van der Waals surface area contributed by atoms with Crippen molar-refractivity contribution in [2.45, 2.75) is 76.8 Å². The van der Waals surface area contributed by atoms with Crippen LogP contribution in [0.5, 0.6) is 0 Å². The Morgan fingerprint density at radius 3 is 1.21 bits per heavy atom. The number of halogens is 2. The molecule has 1 N–H and O–H groups in total. The first kappa shape index (κ1) is 19.3. The highest BCUT2D eigenvalue weighted by molar-refractivity contribution is 6.75. The normalized spacial score (nSPS) is 16.4. The lowest BCUT2D eigenvalue weighted by molar-refractivity contribution is 0.583. The molecular formula is C14H33F2NSi2. The molecule has 0 aromatic carbocycles. The fraction of sp³-hybridized carbons (Fsp3) is 1.00. The summed E-state index contributed by atoms with van der Waals surface area (Å²) >= 11 is 0. The van der Waals surface area contributed by atoms with Crippen LogP contribution < -0.4 is 5.32 Å². The van der Waals surface area contributed by atoms with Crippen LogP contribution in [0, 0.1) is 0 Å². The molecule has 2 atom stereocenters. The van der Waals surface area contributed by atoms with Gasteiger partial charge in [-0.2, -0.15) is 0 Å². The first-order valence-electron chi connectivity index (χ1n) is 7.88. The lowest BCUT2D eigenvalue weighted by atomic mass is 10.4. The van der Waals surface area contributed by atoms with Gasteiger partial charge in [-0.05, 0) is 48.3 Å². The molecule has 0 aliphatic rings. The summed E-state index contributed by atoms with van der Waals surface area (Å²) in [6.45, 7) is 13.3. The highest BCUT2D eigenvalue weighted by Gasteiger charge is 2.38. The third-order valence-electron chi connectivity index (χ3n) is 5.02. The van der Waals surface area contributed by atoms with Crippen molar-refractivity contribution >= 4 is 16.8 Å². The van der Waals surface area contributed by atoms with E-state index in [9.17, 15) is 8.22 Å². The molecule has 0 fully saturated rings. The van der Waals surface area contributed by atoms with E-state index in [1.165, 1.54) is 0 Å². The van der Waals surface area contributed by atoms with Crippen LogP contribution in [0.3, 0.4) is 0 Å². The van der Waals surface area contributed by atoms with E-state index in [4.69, 9.17) is 0 Å². The van der Waals surface area contributed by atoms with Gasteiger partial charge in [0.15, 0.2) is 0 Å². The Morgan fingerprint density at radius 1 is 0.737 bits per heavy atom. The fourth-order valence-corrected chi connectivity index (χ4v) is 7.58. The molecule has 0 bridgehead atoms. The van der Waals surface area contributed by atoms with E-state index in [1.54, 1.807) is 0 Å². The minimum atomic E-state index is -2.58. The van der Waals surface area contributed by atoms with Gasteiger partial charge in [0, 0.05) is 0 Å². The van der Waals surface area contributed by atoms with Crippen LogP contribution in [0.4, 0.5) is 8.22 Å². The van der Waals surface area contributed by atoms with Crippen LogP contribution in [0.25, 0.3) is 0 Å². The standard InChI is InChI=1S/C14H33F2NSi2/c1-7-18(15,8-2)13(5)11-17-12-14(6)19(16,9-3)10-4/h13-14,17H,7-12H2,1-6H3. The number of rotatable bonds is 10. The fourth-order valence-electron chi connectivity index (χ4n) is 2.78. The summed E-state index contributed by atoms with van der Waals surface area (Å²) in [5.41, 5.74) is 0.238. The Morgan fingerprint density at radius 2 is 1.00 bits per heavy atom. The summed E-state index contributed by atoms with van der Waals surface area (Å²) in [6.07, 6.45) is 0. The Bertz CT molecular complexity index is 220. The predicted octanol–water partition coefficient (Wildman–Crippen LogP) is 5.27. The van der Waals surface area contributed by atoms with Gasteiger partial charge in [-0.3, -0.25) is 0 Å². The number of hydrogen-bond acceptors (Lipinski definition) is 1. The Balaban J connectivity index is 4.23. The van der Waals surface area contributed by atoms with Crippen molar-refractivity contribution in [2.24, 2.45) is 0 Å². The van der Waals surface area contributed by atoms with Gasteiger partial charge in [0.05, 0.1) is 0 Å². The van der Waals surface area contributed by atoms with Gasteiger partial charge in [-0.1, -0.05) is 41.5 Å². The Hall–Kier alpha value is 0.254. The van der Waals surface area contributed by atoms with E-state index >= 15 is 0 Å². The van der Waals surface area contributed by atoms with Crippen LogP contribution in [-0.2, 0) is 0 Å². The van der Waals surface area contributed by atoms with Crippen molar-refractivity contribution in [3.8, 4) is 0 Å². The molecule has 2 unspecified atom stereocenters. The van der Waals surface area contributed by atoms with Gasteiger partial charge in [0.1, 0.15) is 0 Å². The molecule has 0 spiro atoms. The largest absolute Gasteiger partial charge is 0.317 e. The molecule has 0 aromatic rings. The maximum atomic E-state index is 14.6. The molecule has 0 aliphatic carbocycles. The third kappa shape index (κ3) is 5.27. The minimum absolute atomic E-state index is 0.119. The molecule has 5 heteroatoms.